The maximum Gasteiger partial charge on any atom is 0.132 e. The third kappa shape index (κ3) is 2.99. The van der Waals surface area contributed by atoms with E-state index >= 15 is 0 Å². The summed E-state index contributed by atoms with van der Waals surface area (Å²) in [5.74, 6) is 1.88. The van der Waals surface area contributed by atoms with Crippen molar-refractivity contribution in [2.45, 2.75) is 52.0 Å². The van der Waals surface area contributed by atoms with E-state index in [1.807, 2.05) is 6.92 Å². The van der Waals surface area contributed by atoms with Crippen LogP contribution in [0.5, 0.6) is 0 Å². The molecule has 1 N–H and O–H groups in total. The smallest absolute Gasteiger partial charge is 0.132 e. The van der Waals surface area contributed by atoms with Crippen LogP contribution in [0.4, 0.5) is 5.82 Å². The minimum Gasteiger partial charge on any atom is -0.396 e. The van der Waals surface area contributed by atoms with E-state index in [2.05, 4.69) is 27.9 Å². The first-order valence-electron chi connectivity index (χ1n) is 6.96. The average molecular weight is 249 g/mol. The van der Waals surface area contributed by atoms with Gasteiger partial charge in [-0.25, -0.2) is 9.97 Å². The first kappa shape index (κ1) is 13.3. The van der Waals surface area contributed by atoms with E-state index in [0.717, 1.165) is 43.1 Å². The van der Waals surface area contributed by atoms with Crippen molar-refractivity contribution in [3.05, 3.63) is 17.6 Å². The molecular weight excluding hydrogens is 226 g/mol. The molecule has 100 valence electrons. The molecule has 2 rings (SSSR count). The largest absolute Gasteiger partial charge is 0.396 e. The summed E-state index contributed by atoms with van der Waals surface area (Å²) < 4.78 is 0. The Morgan fingerprint density at radius 2 is 2.22 bits per heavy atom. The lowest BCUT2D eigenvalue weighted by molar-refractivity contribution is 0.262. The molecule has 1 fully saturated rings. The van der Waals surface area contributed by atoms with Crippen LogP contribution in [-0.2, 0) is 6.42 Å². The van der Waals surface area contributed by atoms with E-state index in [1.54, 1.807) is 0 Å². The number of aliphatic hydroxyl groups is 1. The monoisotopic (exact) mass is 249 g/mol. The Morgan fingerprint density at radius 3 is 2.94 bits per heavy atom. The van der Waals surface area contributed by atoms with Crippen molar-refractivity contribution < 1.29 is 5.11 Å². The van der Waals surface area contributed by atoms with Crippen molar-refractivity contribution >= 4 is 5.82 Å². The predicted molar refractivity (Wildman–Crippen MR) is 72.8 cm³/mol. The third-order valence-corrected chi connectivity index (χ3v) is 3.62. The van der Waals surface area contributed by atoms with Crippen LogP contribution in [0, 0.1) is 6.92 Å². The van der Waals surface area contributed by atoms with Gasteiger partial charge in [-0.15, -0.1) is 0 Å². The van der Waals surface area contributed by atoms with Gasteiger partial charge < -0.3 is 10.0 Å². The van der Waals surface area contributed by atoms with Gasteiger partial charge >= 0.3 is 0 Å². The lowest BCUT2D eigenvalue weighted by Crippen LogP contribution is -2.40. The maximum absolute atomic E-state index is 9.18. The van der Waals surface area contributed by atoms with Crippen LogP contribution in [0.25, 0.3) is 0 Å². The zero-order chi connectivity index (χ0) is 13.0. The highest BCUT2D eigenvalue weighted by Crippen LogP contribution is 2.25. The fourth-order valence-electron chi connectivity index (χ4n) is 2.69. The molecule has 1 saturated heterocycles. The predicted octanol–water partition coefficient (Wildman–Crippen LogP) is 2.09. The highest BCUT2D eigenvalue weighted by atomic mass is 16.3. The molecule has 0 radical (unpaired) electrons. The molecule has 1 aliphatic rings. The van der Waals surface area contributed by atoms with Crippen molar-refractivity contribution in [1.82, 2.24) is 9.97 Å². The Balaban J connectivity index is 2.24. The number of aliphatic hydroxyl groups excluding tert-OH is 1. The van der Waals surface area contributed by atoms with E-state index in [4.69, 9.17) is 0 Å². The SMILES string of the molecule is CCc1cc(N2CCCCC2CCO)nc(C)n1. The van der Waals surface area contributed by atoms with Crippen molar-refractivity contribution in [3.8, 4) is 0 Å². The summed E-state index contributed by atoms with van der Waals surface area (Å²) in [6.45, 7) is 5.37. The van der Waals surface area contributed by atoms with Crippen LogP contribution in [0.15, 0.2) is 6.07 Å². The van der Waals surface area contributed by atoms with Crippen LogP contribution in [0.3, 0.4) is 0 Å². The second-order valence-corrected chi connectivity index (χ2v) is 4.97. The molecule has 1 aliphatic heterocycles. The summed E-state index contributed by atoms with van der Waals surface area (Å²) in [6.07, 6.45) is 5.41. The van der Waals surface area contributed by atoms with E-state index in [-0.39, 0.29) is 6.61 Å². The molecule has 1 unspecified atom stereocenters. The Kier molecular flexibility index (Phi) is 4.53. The summed E-state index contributed by atoms with van der Waals surface area (Å²) in [5.41, 5.74) is 1.10. The van der Waals surface area contributed by atoms with Crippen LogP contribution >= 0.6 is 0 Å². The molecule has 2 heterocycles. The van der Waals surface area contributed by atoms with Gasteiger partial charge in [-0.3, -0.25) is 0 Å². The number of rotatable bonds is 4. The van der Waals surface area contributed by atoms with E-state index in [1.165, 1.54) is 12.8 Å². The van der Waals surface area contributed by atoms with Gasteiger partial charge in [0.2, 0.25) is 0 Å². The van der Waals surface area contributed by atoms with Crippen molar-refractivity contribution in [1.29, 1.82) is 0 Å². The van der Waals surface area contributed by atoms with Gasteiger partial charge in [-0.2, -0.15) is 0 Å². The number of aryl methyl sites for hydroxylation is 2. The fraction of sp³-hybridized carbons (Fsp3) is 0.714. The van der Waals surface area contributed by atoms with Gasteiger partial charge in [-0.05, 0) is 39.0 Å². The zero-order valence-electron chi connectivity index (χ0n) is 11.4. The molecule has 1 aromatic heterocycles. The standard InChI is InChI=1S/C14H23N3O/c1-3-12-10-14(16-11(2)15-12)17-8-5-4-6-13(17)7-9-18/h10,13,18H,3-9H2,1-2H3. The Bertz CT molecular complexity index is 393. The number of aromatic nitrogens is 2. The molecule has 0 spiro atoms. The van der Waals surface area contributed by atoms with Gasteiger partial charge in [0.25, 0.3) is 0 Å². The van der Waals surface area contributed by atoms with Crippen LogP contribution in [-0.4, -0.2) is 34.3 Å². The summed E-state index contributed by atoms with van der Waals surface area (Å²) in [6, 6.07) is 2.53. The van der Waals surface area contributed by atoms with Crippen LogP contribution in [0.2, 0.25) is 0 Å². The molecular formula is C14H23N3O. The molecule has 18 heavy (non-hydrogen) atoms. The second-order valence-electron chi connectivity index (χ2n) is 4.97. The van der Waals surface area contributed by atoms with Crippen LogP contribution in [0.1, 0.15) is 44.1 Å². The van der Waals surface area contributed by atoms with Gasteiger partial charge in [0.1, 0.15) is 11.6 Å². The van der Waals surface area contributed by atoms with E-state index in [0.29, 0.717) is 6.04 Å². The number of hydrogen-bond acceptors (Lipinski definition) is 4. The molecule has 0 amide bonds. The van der Waals surface area contributed by atoms with Crippen molar-refractivity contribution in [2.75, 3.05) is 18.1 Å². The minimum absolute atomic E-state index is 0.256. The minimum atomic E-state index is 0.256. The molecule has 0 bridgehead atoms. The Morgan fingerprint density at radius 1 is 1.39 bits per heavy atom. The van der Waals surface area contributed by atoms with Crippen molar-refractivity contribution in [2.24, 2.45) is 0 Å². The lowest BCUT2D eigenvalue weighted by atomic mass is 9.99. The van der Waals surface area contributed by atoms with Gasteiger partial charge in [-0.1, -0.05) is 6.92 Å². The lowest BCUT2D eigenvalue weighted by Gasteiger charge is -2.36. The number of nitrogens with zero attached hydrogens (tertiary/aromatic N) is 3. The molecule has 4 nitrogen and oxygen atoms in total. The molecule has 0 aromatic carbocycles. The molecule has 4 heteroatoms. The van der Waals surface area contributed by atoms with Gasteiger partial charge in [0.15, 0.2) is 0 Å². The normalized spacial score (nSPS) is 20.2. The summed E-state index contributed by atoms with van der Waals surface area (Å²) in [7, 11) is 0. The highest BCUT2D eigenvalue weighted by Gasteiger charge is 2.23. The molecule has 1 aromatic rings. The summed E-state index contributed by atoms with van der Waals surface area (Å²) in [5, 5.41) is 9.18. The first-order valence-corrected chi connectivity index (χ1v) is 6.96. The fourth-order valence-corrected chi connectivity index (χ4v) is 2.69. The quantitative estimate of drug-likeness (QED) is 0.887. The summed E-state index contributed by atoms with van der Waals surface area (Å²) >= 11 is 0. The topological polar surface area (TPSA) is 49.2 Å². The van der Waals surface area contributed by atoms with E-state index in [9.17, 15) is 5.11 Å². The number of piperidine rings is 1. The molecule has 1 atom stereocenters. The van der Waals surface area contributed by atoms with Gasteiger partial charge in [0.05, 0.1) is 0 Å². The first-order chi connectivity index (χ1) is 8.74. The summed E-state index contributed by atoms with van der Waals surface area (Å²) in [4.78, 5) is 11.4. The molecule has 0 saturated carbocycles. The van der Waals surface area contributed by atoms with E-state index < -0.39 is 0 Å². The zero-order valence-corrected chi connectivity index (χ0v) is 11.4. The second kappa shape index (κ2) is 6.14. The number of hydrogen-bond donors (Lipinski definition) is 1. The van der Waals surface area contributed by atoms with Crippen LogP contribution < -0.4 is 4.90 Å². The van der Waals surface area contributed by atoms with Crippen molar-refractivity contribution in [3.63, 3.8) is 0 Å². The Labute approximate surface area is 109 Å². The third-order valence-electron chi connectivity index (χ3n) is 3.62. The Hall–Kier alpha value is -1.16. The molecule has 0 aliphatic carbocycles. The number of anilines is 1. The van der Waals surface area contributed by atoms with Gasteiger partial charge in [0, 0.05) is 31.0 Å². The highest BCUT2D eigenvalue weighted by molar-refractivity contribution is 5.41. The maximum atomic E-state index is 9.18. The average Bonchev–Trinajstić information content (AvgIpc) is 2.39.